The second kappa shape index (κ2) is 8.76. The molecule has 2 fully saturated rings. The van der Waals surface area contributed by atoms with Crippen molar-refractivity contribution in [3.05, 3.63) is 59.9 Å². The predicted octanol–water partition coefficient (Wildman–Crippen LogP) is 2.62. The highest BCUT2D eigenvalue weighted by atomic mass is 32.2. The van der Waals surface area contributed by atoms with Crippen molar-refractivity contribution < 1.29 is 27.1 Å². The molecule has 0 aromatic heterocycles. The third-order valence-electron chi connectivity index (χ3n) is 5.64. The third-order valence-corrected chi connectivity index (χ3v) is 7.53. The van der Waals surface area contributed by atoms with Crippen molar-refractivity contribution in [1.29, 1.82) is 0 Å². The van der Waals surface area contributed by atoms with Gasteiger partial charge in [0.25, 0.3) is 0 Å². The quantitative estimate of drug-likeness (QED) is 0.657. The summed E-state index contributed by atoms with van der Waals surface area (Å²) >= 11 is 0. The lowest BCUT2D eigenvalue weighted by Gasteiger charge is -2.35. The SMILES string of the molecule is O=C(O[C@H]1CCCC1=O)c1cccc(S(=O)(=O)N2CCN(c3ccc(F)cc3)CC2)c1. The van der Waals surface area contributed by atoms with Crippen LogP contribution in [0.4, 0.5) is 10.1 Å². The van der Waals surface area contributed by atoms with Gasteiger partial charge in [0.1, 0.15) is 5.82 Å². The second-order valence-electron chi connectivity index (χ2n) is 7.65. The maximum absolute atomic E-state index is 13.1. The number of benzene rings is 2. The fourth-order valence-electron chi connectivity index (χ4n) is 3.88. The highest BCUT2D eigenvalue weighted by Crippen LogP contribution is 2.23. The molecule has 1 aliphatic heterocycles. The average Bonchev–Trinajstić information content (AvgIpc) is 3.18. The molecule has 1 heterocycles. The highest BCUT2D eigenvalue weighted by molar-refractivity contribution is 7.89. The Balaban J connectivity index is 1.44. The van der Waals surface area contributed by atoms with Gasteiger partial charge in [-0.2, -0.15) is 4.31 Å². The van der Waals surface area contributed by atoms with Crippen LogP contribution < -0.4 is 4.90 Å². The molecule has 1 saturated carbocycles. The number of hydrogen-bond acceptors (Lipinski definition) is 6. The van der Waals surface area contributed by atoms with Gasteiger partial charge in [-0.25, -0.2) is 17.6 Å². The van der Waals surface area contributed by atoms with Gasteiger partial charge >= 0.3 is 5.97 Å². The summed E-state index contributed by atoms with van der Waals surface area (Å²) in [6, 6.07) is 11.8. The lowest BCUT2D eigenvalue weighted by Crippen LogP contribution is -2.48. The first-order valence-electron chi connectivity index (χ1n) is 10.2. The lowest BCUT2D eigenvalue weighted by atomic mass is 10.2. The van der Waals surface area contributed by atoms with E-state index < -0.39 is 22.1 Å². The van der Waals surface area contributed by atoms with E-state index in [9.17, 15) is 22.4 Å². The summed E-state index contributed by atoms with van der Waals surface area (Å²) in [4.78, 5) is 26.1. The molecule has 0 unspecified atom stereocenters. The Labute approximate surface area is 180 Å². The zero-order valence-electron chi connectivity index (χ0n) is 16.9. The van der Waals surface area contributed by atoms with E-state index in [-0.39, 0.29) is 35.1 Å². The van der Waals surface area contributed by atoms with Gasteiger partial charge in [-0.05, 0) is 55.3 Å². The van der Waals surface area contributed by atoms with Gasteiger partial charge < -0.3 is 9.64 Å². The molecule has 2 aliphatic rings. The van der Waals surface area contributed by atoms with E-state index in [4.69, 9.17) is 4.74 Å². The molecule has 0 radical (unpaired) electrons. The molecule has 0 amide bonds. The standard InChI is InChI=1S/C22H23FN2O5S/c23-17-7-9-18(10-8-17)24-11-13-25(14-12-24)31(28,29)19-4-1-3-16(15-19)22(27)30-21-6-2-5-20(21)26/h1,3-4,7-10,15,21H,2,5-6,11-14H2/t21-/m0/s1. The molecule has 164 valence electrons. The van der Waals surface area contributed by atoms with Crippen molar-refractivity contribution >= 4 is 27.5 Å². The smallest absolute Gasteiger partial charge is 0.338 e. The minimum Gasteiger partial charge on any atom is -0.451 e. The van der Waals surface area contributed by atoms with E-state index in [2.05, 4.69) is 0 Å². The second-order valence-corrected chi connectivity index (χ2v) is 9.59. The number of carbonyl (C=O) groups excluding carboxylic acids is 2. The van der Waals surface area contributed by atoms with Crippen LogP contribution in [0.5, 0.6) is 0 Å². The minimum absolute atomic E-state index is 0.00920. The Bertz CT molecular complexity index is 1080. The number of ketones is 1. The normalized spacial score (nSPS) is 20.1. The van der Waals surface area contributed by atoms with Crippen LogP contribution in [0.25, 0.3) is 0 Å². The predicted molar refractivity (Wildman–Crippen MR) is 112 cm³/mol. The zero-order valence-corrected chi connectivity index (χ0v) is 17.7. The van der Waals surface area contributed by atoms with Crippen LogP contribution in [0.3, 0.4) is 0 Å². The first-order chi connectivity index (χ1) is 14.8. The van der Waals surface area contributed by atoms with Crippen molar-refractivity contribution in [2.75, 3.05) is 31.1 Å². The summed E-state index contributed by atoms with van der Waals surface area (Å²) in [5, 5.41) is 0. The van der Waals surface area contributed by atoms with Crippen LogP contribution in [0.2, 0.25) is 0 Å². The number of sulfonamides is 1. The van der Waals surface area contributed by atoms with Gasteiger partial charge in [0.15, 0.2) is 11.9 Å². The van der Waals surface area contributed by atoms with E-state index in [1.807, 2.05) is 4.90 Å². The number of carbonyl (C=O) groups is 2. The van der Waals surface area contributed by atoms with Gasteiger partial charge in [-0.1, -0.05) is 6.07 Å². The number of halogens is 1. The molecule has 1 aliphatic carbocycles. The maximum atomic E-state index is 13.1. The molecule has 0 bridgehead atoms. The number of nitrogens with zero attached hydrogens (tertiary/aromatic N) is 2. The third kappa shape index (κ3) is 4.62. The van der Waals surface area contributed by atoms with Crippen molar-refractivity contribution in [3.63, 3.8) is 0 Å². The summed E-state index contributed by atoms with van der Waals surface area (Å²) in [5.74, 6) is -1.12. The fourth-order valence-corrected chi connectivity index (χ4v) is 5.35. The zero-order chi connectivity index (χ0) is 22.0. The molecule has 2 aromatic rings. The molecule has 0 spiro atoms. The van der Waals surface area contributed by atoms with E-state index >= 15 is 0 Å². The average molecular weight is 447 g/mol. The minimum atomic E-state index is -3.80. The van der Waals surface area contributed by atoms with Crippen LogP contribution >= 0.6 is 0 Å². The highest BCUT2D eigenvalue weighted by Gasteiger charge is 2.31. The van der Waals surface area contributed by atoms with Crippen molar-refractivity contribution in [2.45, 2.75) is 30.3 Å². The molecular formula is C22H23FN2O5S. The van der Waals surface area contributed by atoms with Crippen molar-refractivity contribution in [3.8, 4) is 0 Å². The van der Waals surface area contributed by atoms with Crippen LogP contribution in [-0.2, 0) is 19.6 Å². The van der Waals surface area contributed by atoms with E-state index in [1.165, 1.54) is 40.7 Å². The maximum Gasteiger partial charge on any atom is 0.338 e. The number of esters is 1. The Morgan fingerprint density at radius 1 is 1.03 bits per heavy atom. The van der Waals surface area contributed by atoms with Gasteiger partial charge in [0, 0.05) is 38.3 Å². The Morgan fingerprint density at radius 3 is 2.39 bits per heavy atom. The summed E-state index contributed by atoms with van der Waals surface area (Å²) < 4.78 is 46.0. The molecular weight excluding hydrogens is 423 g/mol. The molecule has 7 nitrogen and oxygen atoms in total. The summed E-state index contributed by atoms with van der Waals surface area (Å²) in [7, 11) is -3.80. The van der Waals surface area contributed by atoms with E-state index in [0.717, 1.165) is 5.69 Å². The molecule has 0 N–H and O–H groups in total. The number of hydrogen-bond donors (Lipinski definition) is 0. The first kappa shape index (κ1) is 21.5. The van der Waals surface area contributed by atoms with Crippen molar-refractivity contribution in [1.82, 2.24) is 4.31 Å². The van der Waals surface area contributed by atoms with Crippen molar-refractivity contribution in [2.24, 2.45) is 0 Å². The number of rotatable bonds is 5. The van der Waals surface area contributed by atoms with Crippen LogP contribution in [0.15, 0.2) is 53.4 Å². The topological polar surface area (TPSA) is 84.0 Å². The van der Waals surface area contributed by atoms with Gasteiger partial charge in [-0.15, -0.1) is 0 Å². The number of anilines is 1. The Hall–Kier alpha value is -2.78. The number of piperazine rings is 1. The summed E-state index contributed by atoms with van der Waals surface area (Å²) in [6.45, 7) is 1.47. The monoisotopic (exact) mass is 446 g/mol. The summed E-state index contributed by atoms with van der Waals surface area (Å²) in [5.41, 5.74) is 0.940. The van der Waals surface area contributed by atoms with E-state index in [1.54, 1.807) is 12.1 Å². The summed E-state index contributed by atoms with van der Waals surface area (Å²) in [6.07, 6.45) is 0.846. The molecule has 1 atom stereocenters. The van der Waals surface area contributed by atoms with Crippen LogP contribution in [0.1, 0.15) is 29.6 Å². The molecule has 4 rings (SSSR count). The van der Waals surface area contributed by atoms with E-state index in [0.29, 0.717) is 32.4 Å². The number of ether oxygens (including phenoxy) is 1. The lowest BCUT2D eigenvalue weighted by molar-refractivity contribution is -0.124. The molecule has 1 saturated heterocycles. The molecule has 2 aromatic carbocycles. The van der Waals surface area contributed by atoms with Gasteiger partial charge in [-0.3, -0.25) is 4.79 Å². The largest absolute Gasteiger partial charge is 0.451 e. The molecule has 9 heteroatoms. The van der Waals surface area contributed by atoms with Crippen LogP contribution in [0, 0.1) is 5.82 Å². The van der Waals surface area contributed by atoms with Crippen LogP contribution in [-0.4, -0.2) is 56.8 Å². The van der Waals surface area contributed by atoms with Gasteiger partial charge in [0.2, 0.25) is 10.0 Å². The Kier molecular flexibility index (Phi) is 6.06. The first-order valence-corrected chi connectivity index (χ1v) is 11.6. The fraction of sp³-hybridized carbons (Fsp3) is 0.364. The van der Waals surface area contributed by atoms with Gasteiger partial charge in [0.05, 0.1) is 10.5 Å². The Morgan fingerprint density at radius 2 is 1.74 bits per heavy atom. The molecule has 31 heavy (non-hydrogen) atoms. The number of Topliss-reactive ketones (excluding diaryl/α,β-unsaturated/α-hetero) is 1.